The molecule has 1 amide bonds. The Hall–Kier alpha value is -2.78. The summed E-state index contributed by atoms with van der Waals surface area (Å²) in [6, 6.07) is 11.7. The second kappa shape index (κ2) is 8.71. The summed E-state index contributed by atoms with van der Waals surface area (Å²) in [7, 11) is -3.97. The Kier molecular flexibility index (Phi) is 6.29. The van der Waals surface area contributed by atoms with Crippen LogP contribution in [0.4, 0.5) is 14.5 Å². The highest BCUT2D eigenvalue weighted by Crippen LogP contribution is 2.24. The zero-order chi connectivity index (χ0) is 21.0. The maximum absolute atomic E-state index is 13.7. The third-order valence-corrected chi connectivity index (χ3v) is 6.62. The number of anilines is 1. The van der Waals surface area contributed by atoms with E-state index in [1.165, 1.54) is 17.5 Å². The molecular weight excluding hydrogens is 418 g/mol. The minimum Gasteiger partial charge on any atom is -0.351 e. The molecule has 0 saturated heterocycles. The Morgan fingerprint density at radius 1 is 1.03 bits per heavy atom. The van der Waals surface area contributed by atoms with E-state index in [-0.39, 0.29) is 28.3 Å². The number of thiophene rings is 1. The fraction of sp³-hybridized carbons (Fsp3) is 0.150. The first-order valence-electron chi connectivity index (χ1n) is 8.66. The number of hydrogen-bond acceptors (Lipinski definition) is 4. The lowest BCUT2D eigenvalue weighted by Gasteiger charge is -2.10. The number of rotatable bonds is 7. The van der Waals surface area contributed by atoms with Gasteiger partial charge in [-0.1, -0.05) is 23.8 Å². The lowest BCUT2D eigenvalue weighted by atomic mass is 10.1. The third-order valence-electron chi connectivity index (χ3n) is 4.15. The van der Waals surface area contributed by atoms with Gasteiger partial charge in [-0.25, -0.2) is 17.2 Å². The predicted molar refractivity (Wildman–Crippen MR) is 109 cm³/mol. The molecule has 1 aromatic heterocycles. The van der Waals surface area contributed by atoms with E-state index in [9.17, 15) is 22.0 Å². The van der Waals surface area contributed by atoms with Gasteiger partial charge in [-0.3, -0.25) is 9.52 Å². The number of sulfonamides is 1. The Labute approximate surface area is 171 Å². The molecule has 0 radical (unpaired) electrons. The van der Waals surface area contributed by atoms with Crippen LogP contribution in [0.3, 0.4) is 0 Å². The van der Waals surface area contributed by atoms with Crippen molar-refractivity contribution >= 4 is 33.0 Å². The van der Waals surface area contributed by atoms with Gasteiger partial charge in [0.25, 0.3) is 15.9 Å². The molecule has 0 aliphatic heterocycles. The van der Waals surface area contributed by atoms with Gasteiger partial charge in [0.05, 0.1) is 0 Å². The molecule has 0 bridgehead atoms. The van der Waals surface area contributed by atoms with Crippen molar-refractivity contribution in [3.63, 3.8) is 0 Å². The van der Waals surface area contributed by atoms with E-state index in [1.54, 1.807) is 24.3 Å². The molecule has 0 spiro atoms. The zero-order valence-electron chi connectivity index (χ0n) is 15.4. The maximum Gasteiger partial charge on any atom is 0.263 e. The molecule has 0 atom stereocenters. The summed E-state index contributed by atoms with van der Waals surface area (Å²) in [5, 5.41) is 4.01. The summed E-state index contributed by atoms with van der Waals surface area (Å²) in [6.07, 6.45) is -0.0562. The van der Waals surface area contributed by atoms with Gasteiger partial charge in [0.2, 0.25) is 0 Å². The lowest BCUT2D eigenvalue weighted by Crippen LogP contribution is -2.27. The number of carbonyl (C=O) groups excluding carboxylic acids is 1. The SMILES string of the molecule is Cc1ccc(NS(=O)(=O)c2ccsc2C(=O)NCCc2c(F)cccc2F)cc1. The number of amides is 1. The molecule has 0 fully saturated rings. The van der Waals surface area contributed by atoms with E-state index in [2.05, 4.69) is 10.0 Å². The van der Waals surface area contributed by atoms with Gasteiger partial charge in [-0.15, -0.1) is 11.3 Å². The number of carbonyl (C=O) groups is 1. The molecule has 3 rings (SSSR count). The minimum atomic E-state index is -3.97. The van der Waals surface area contributed by atoms with Crippen LogP contribution in [0.1, 0.15) is 20.8 Å². The molecular formula is C20H18F2N2O3S2. The number of nitrogens with one attached hydrogen (secondary N) is 2. The second-order valence-electron chi connectivity index (χ2n) is 6.29. The lowest BCUT2D eigenvalue weighted by molar-refractivity contribution is 0.0955. The third kappa shape index (κ3) is 4.99. The van der Waals surface area contributed by atoms with Crippen LogP contribution in [-0.4, -0.2) is 20.9 Å². The Morgan fingerprint density at radius 3 is 2.34 bits per heavy atom. The van der Waals surface area contributed by atoms with E-state index < -0.39 is 27.6 Å². The quantitative estimate of drug-likeness (QED) is 0.585. The number of halogens is 2. The van der Waals surface area contributed by atoms with Gasteiger partial charge >= 0.3 is 0 Å². The number of benzene rings is 2. The van der Waals surface area contributed by atoms with Crippen LogP contribution in [0.15, 0.2) is 58.8 Å². The molecule has 0 saturated carbocycles. The van der Waals surface area contributed by atoms with Crippen LogP contribution in [-0.2, 0) is 16.4 Å². The van der Waals surface area contributed by atoms with E-state index in [1.807, 2.05) is 6.92 Å². The fourth-order valence-electron chi connectivity index (χ4n) is 2.66. The summed E-state index contributed by atoms with van der Waals surface area (Å²) >= 11 is 0.971. The Bertz CT molecular complexity index is 1110. The first-order chi connectivity index (χ1) is 13.8. The average molecular weight is 437 g/mol. The zero-order valence-corrected chi connectivity index (χ0v) is 17.0. The van der Waals surface area contributed by atoms with Crippen molar-refractivity contribution < 1.29 is 22.0 Å². The largest absolute Gasteiger partial charge is 0.351 e. The molecule has 0 unspecified atom stereocenters. The van der Waals surface area contributed by atoms with Crippen LogP contribution in [0.2, 0.25) is 0 Å². The molecule has 9 heteroatoms. The monoisotopic (exact) mass is 436 g/mol. The van der Waals surface area contributed by atoms with Gasteiger partial charge in [-0.2, -0.15) is 0 Å². The van der Waals surface area contributed by atoms with E-state index >= 15 is 0 Å². The summed E-state index contributed by atoms with van der Waals surface area (Å²) in [5.41, 5.74) is 1.23. The second-order valence-corrected chi connectivity index (χ2v) is 8.86. The molecule has 3 aromatic rings. The highest BCUT2D eigenvalue weighted by atomic mass is 32.2. The van der Waals surface area contributed by atoms with E-state index in [0.29, 0.717) is 5.69 Å². The Morgan fingerprint density at radius 2 is 1.69 bits per heavy atom. The Balaban J connectivity index is 1.70. The number of hydrogen-bond donors (Lipinski definition) is 2. The average Bonchev–Trinajstić information content (AvgIpc) is 3.17. The minimum absolute atomic E-state index is 0.00128. The van der Waals surface area contributed by atoms with Crippen LogP contribution in [0.5, 0.6) is 0 Å². The normalized spacial score (nSPS) is 11.3. The molecule has 152 valence electrons. The van der Waals surface area contributed by atoms with Gasteiger partial charge in [-0.05, 0) is 49.1 Å². The summed E-state index contributed by atoms with van der Waals surface area (Å²) in [4.78, 5) is 12.3. The fourth-order valence-corrected chi connectivity index (χ4v) is 5.06. The van der Waals surface area contributed by atoms with Crippen LogP contribution in [0, 0.1) is 18.6 Å². The molecule has 0 aliphatic rings. The highest BCUT2D eigenvalue weighted by molar-refractivity contribution is 7.93. The molecule has 1 heterocycles. The highest BCUT2D eigenvalue weighted by Gasteiger charge is 2.24. The molecule has 2 aromatic carbocycles. The molecule has 2 N–H and O–H groups in total. The van der Waals surface area contributed by atoms with E-state index in [4.69, 9.17) is 0 Å². The summed E-state index contributed by atoms with van der Waals surface area (Å²) < 4.78 is 55.1. The van der Waals surface area contributed by atoms with Crippen LogP contribution < -0.4 is 10.0 Å². The number of aryl methyl sites for hydroxylation is 1. The van der Waals surface area contributed by atoms with Crippen molar-refractivity contribution in [1.82, 2.24) is 5.32 Å². The van der Waals surface area contributed by atoms with Crippen LogP contribution in [0.25, 0.3) is 0 Å². The first kappa shape index (κ1) is 20.9. The van der Waals surface area contributed by atoms with Crippen molar-refractivity contribution in [1.29, 1.82) is 0 Å². The van der Waals surface area contributed by atoms with E-state index in [0.717, 1.165) is 29.0 Å². The standard InChI is InChI=1S/C20H18F2N2O3S2/c1-13-5-7-14(8-6-13)24-29(26,27)18-10-12-28-19(18)20(25)23-11-9-15-16(21)3-2-4-17(15)22/h2-8,10,12,24H,9,11H2,1H3,(H,23,25). The van der Waals surface area contributed by atoms with Crippen LogP contribution >= 0.6 is 11.3 Å². The van der Waals surface area contributed by atoms with Gasteiger partial charge in [0, 0.05) is 17.8 Å². The van der Waals surface area contributed by atoms with Crippen molar-refractivity contribution in [2.45, 2.75) is 18.2 Å². The first-order valence-corrected chi connectivity index (χ1v) is 11.0. The van der Waals surface area contributed by atoms with Gasteiger partial charge in [0.15, 0.2) is 0 Å². The summed E-state index contributed by atoms with van der Waals surface area (Å²) in [6.45, 7) is 1.84. The van der Waals surface area contributed by atoms with Crippen molar-refractivity contribution in [3.05, 3.63) is 81.5 Å². The smallest absolute Gasteiger partial charge is 0.263 e. The summed E-state index contributed by atoms with van der Waals surface area (Å²) in [5.74, 6) is -2.01. The van der Waals surface area contributed by atoms with Crippen molar-refractivity contribution in [2.75, 3.05) is 11.3 Å². The van der Waals surface area contributed by atoms with Crippen molar-refractivity contribution in [3.8, 4) is 0 Å². The maximum atomic E-state index is 13.7. The van der Waals surface area contributed by atoms with Crippen molar-refractivity contribution in [2.24, 2.45) is 0 Å². The topological polar surface area (TPSA) is 75.3 Å². The molecule has 5 nitrogen and oxygen atoms in total. The molecule has 0 aliphatic carbocycles. The van der Waals surface area contributed by atoms with Gasteiger partial charge in [0.1, 0.15) is 21.4 Å². The van der Waals surface area contributed by atoms with Gasteiger partial charge < -0.3 is 5.32 Å². The predicted octanol–water partition coefficient (Wildman–Crippen LogP) is 4.11. The molecule has 29 heavy (non-hydrogen) atoms.